The maximum atomic E-state index is 13.1. The van der Waals surface area contributed by atoms with Gasteiger partial charge >= 0.3 is 0 Å². The molecule has 2 aliphatic rings. The molecule has 2 aromatic carbocycles. The fourth-order valence-corrected chi connectivity index (χ4v) is 5.20. The second kappa shape index (κ2) is 8.26. The number of aromatic nitrogens is 2. The van der Waals surface area contributed by atoms with E-state index in [0.717, 1.165) is 41.9 Å². The first-order valence-corrected chi connectivity index (χ1v) is 11.5. The molecule has 31 heavy (non-hydrogen) atoms. The Morgan fingerprint density at radius 1 is 1.06 bits per heavy atom. The van der Waals surface area contributed by atoms with Crippen LogP contribution in [-0.2, 0) is 6.54 Å². The van der Waals surface area contributed by atoms with Crippen molar-refractivity contribution in [3.8, 4) is 5.75 Å². The lowest BCUT2D eigenvalue weighted by atomic mass is 10.1. The summed E-state index contributed by atoms with van der Waals surface area (Å²) in [5.41, 5.74) is 2.21. The molecule has 160 valence electrons. The van der Waals surface area contributed by atoms with E-state index >= 15 is 0 Å². The van der Waals surface area contributed by atoms with Gasteiger partial charge in [-0.15, -0.1) is 0 Å². The molecule has 0 N–H and O–H groups in total. The van der Waals surface area contributed by atoms with Crippen LogP contribution in [-0.4, -0.2) is 59.4 Å². The van der Waals surface area contributed by atoms with E-state index in [0.29, 0.717) is 36.1 Å². The van der Waals surface area contributed by atoms with Crippen LogP contribution >= 0.6 is 11.8 Å². The number of carbonyl (C=O) groups is 1. The highest BCUT2D eigenvalue weighted by Gasteiger charge is 2.24. The van der Waals surface area contributed by atoms with Crippen molar-refractivity contribution in [2.24, 2.45) is 0 Å². The van der Waals surface area contributed by atoms with Crippen molar-refractivity contribution in [3.05, 3.63) is 58.4 Å². The summed E-state index contributed by atoms with van der Waals surface area (Å²) >= 11 is 1.60. The van der Waals surface area contributed by atoms with Crippen LogP contribution in [0.5, 0.6) is 5.75 Å². The number of para-hydroxylation sites is 2. The van der Waals surface area contributed by atoms with Crippen molar-refractivity contribution in [1.29, 1.82) is 0 Å². The lowest BCUT2D eigenvalue weighted by Gasteiger charge is -2.36. The minimum atomic E-state index is -0.0196. The van der Waals surface area contributed by atoms with Crippen LogP contribution in [0.25, 0.3) is 10.9 Å². The van der Waals surface area contributed by atoms with Crippen LogP contribution < -0.4 is 15.2 Å². The predicted molar refractivity (Wildman–Crippen MR) is 122 cm³/mol. The average Bonchev–Trinajstić information content (AvgIpc) is 2.83. The van der Waals surface area contributed by atoms with Crippen molar-refractivity contribution in [1.82, 2.24) is 14.5 Å². The van der Waals surface area contributed by atoms with Gasteiger partial charge in [0.25, 0.3) is 11.5 Å². The number of thioether (sulfide) groups is 1. The summed E-state index contributed by atoms with van der Waals surface area (Å²) in [4.78, 5) is 34.7. The van der Waals surface area contributed by atoms with Gasteiger partial charge in [-0.1, -0.05) is 23.9 Å². The summed E-state index contributed by atoms with van der Waals surface area (Å²) in [6.45, 7) is 3.45. The van der Waals surface area contributed by atoms with Gasteiger partial charge in [-0.25, -0.2) is 4.98 Å². The molecule has 0 spiro atoms. The Kier molecular flexibility index (Phi) is 5.31. The van der Waals surface area contributed by atoms with Crippen molar-refractivity contribution >= 4 is 34.3 Å². The first-order chi connectivity index (χ1) is 15.2. The minimum absolute atomic E-state index is 0.0170. The molecule has 0 saturated carbocycles. The molecule has 1 aromatic heterocycles. The van der Waals surface area contributed by atoms with Crippen LogP contribution in [0.2, 0.25) is 0 Å². The summed E-state index contributed by atoms with van der Waals surface area (Å²) in [6.07, 6.45) is 0.974. The largest absolute Gasteiger partial charge is 0.495 e. The van der Waals surface area contributed by atoms with E-state index in [2.05, 4.69) is 9.88 Å². The fourth-order valence-electron chi connectivity index (χ4n) is 4.25. The monoisotopic (exact) mass is 436 g/mol. The van der Waals surface area contributed by atoms with E-state index in [1.807, 2.05) is 29.2 Å². The van der Waals surface area contributed by atoms with Crippen LogP contribution in [0, 0.1) is 0 Å². The molecule has 0 unspecified atom stereocenters. The average molecular weight is 437 g/mol. The summed E-state index contributed by atoms with van der Waals surface area (Å²) in [6, 6.07) is 13.2. The quantitative estimate of drug-likeness (QED) is 0.588. The lowest BCUT2D eigenvalue weighted by molar-refractivity contribution is 0.0747. The number of amides is 1. The third-order valence-electron chi connectivity index (χ3n) is 5.92. The summed E-state index contributed by atoms with van der Waals surface area (Å²) < 4.78 is 7.22. The Balaban J connectivity index is 1.35. The number of carbonyl (C=O) groups excluding carboxylic acids is 1. The van der Waals surface area contributed by atoms with Gasteiger partial charge in [0.2, 0.25) is 0 Å². The molecule has 1 saturated heterocycles. The van der Waals surface area contributed by atoms with Gasteiger partial charge in [-0.3, -0.25) is 14.2 Å². The Morgan fingerprint density at radius 3 is 2.68 bits per heavy atom. The van der Waals surface area contributed by atoms with Gasteiger partial charge in [-0.05, 0) is 36.8 Å². The molecule has 0 aliphatic carbocycles. The Bertz CT molecular complexity index is 1200. The molecule has 1 fully saturated rings. The number of benzene rings is 2. The van der Waals surface area contributed by atoms with Gasteiger partial charge in [0.05, 0.1) is 23.7 Å². The molecule has 8 heteroatoms. The first kappa shape index (κ1) is 19.9. The van der Waals surface area contributed by atoms with E-state index in [4.69, 9.17) is 4.74 Å². The zero-order valence-electron chi connectivity index (χ0n) is 17.4. The Hall–Kier alpha value is -3.00. The van der Waals surface area contributed by atoms with E-state index in [1.54, 1.807) is 41.6 Å². The number of ether oxygens (including phenoxy) is 1. The number of hydrogen-bond donors (Lipinski definition) is 0. The molecule has 3 aromatic rings. The van der Waals surface area contributed by atoms with Crippen molar-refractivity contribution in [3.63, 3.8) is 0 Å². The van der Waals surface area contributed by atoms with E-state index in [9.17, 15) is 9.59 Å². The van der Waals surface area contributed by atoms with Gasteiger partial charge < -0.3 is 14.5 Å². The van der Waals surface area contributed by atoms with E-state index in [1.165, 1.54) is 0 Å². The Morgan fingerprint density at radius 2 is 1.87 bits per heavy atom. The summed E-state index contributed by atoms with van der Waals surface area (Å²) in [5, 5.41) is 1.32. The smallest absolute Gasteiger partial charge is 0.262 e. The van der Waals surface area contributed by atoms with Crippen LogP contribution in [0.15, 0.2) is 52.4 Å². The highest BCUT2D eigenvalue weighted by atomic mass is 32.2. The number of piperazine rings is 1. The molecule has 0 atom stereocenters. The van der Waals surface area contributed by atoms with E-state index in [-0.39, 0.29) is 11.5 Å². The molecular weight excluding hydrogens is 412 g/mol. The molecule has 0 radical (unpaired) electrons. The molecule has 3 heterocycles. The second-order valence-electron chi connectivity index (χ2n) is 7.74. The standard InChI is InChI=1S/C23H24N4O3S/c1-30-20-6-3-2-5-19(20)25-10-12-26(13-11-25)21(28)16-7-8-17-18(15-16)24-23-27(22(17)29)9-4-14-31-23/h2-3,5-8,15H,4,9-14H2,1H3. The predicted octanol–water partition coefficient (Wildman–Crippen LogP) is 2.86. The third kappa shape index (κ3) is 3.65. The van der Waals surface area contributed by atoms with Crippen LogP contribution in [0.3, 0.4) is 0 Å². The fraction of sp³-hybridized carbons (Fsp3) is 0.348. The lowest BCUT2D eigenvalue weighted by Crippen LogP contribution is -2.48. The van der Waals surface area contributed by atoms with Crippen LogP contribution in [0.1, 0.15) is 16.8 Å². The van der Waals surface area contributed by atoms with Gasteiger partial charge in [0, 0.05) is 44.0 Å². The topological polar surface area (TPSA) is 67.7 Å². The number of fused-ring (bicyclic) bond motifs is 2. The first-order valence-electron chi connectivity index (χ1n) is 10.5. The van der Waals surface area contributed by atoms with Gasteiger partial charge in [0.1, 0.15) is 5.75 Å². The zero-order valence-corrected chi connectivity index (χ0v) is 18.2. The Labute approximate surface area is 184 Å². The second-order valence-corrected chi connectivity index (χ2v) is 8.80. The van der Waals surface area contributed by atoms with E-state index < -0.39 is 0 Å². The van der Waals surface area contributed by atoms with Crippen molar-refractivity contribution in [2.75, 3.05) is 43.9 Å². The van der Waals surface area contributed by atoms with Crippen LogP contribution in [0.4, 0.5) is 5.69 Å². The summed E-state index contributed by atoms with van der Waals surface area (Å²) in [5.74, 6) is 1.79. The maximum absolute atomic E-state index is 13.1. The molecule has 1 amide bonds. The number of methoxy groups -OCH3 is 1. The normalized spacial score (nSPS) is 16.3. The van der Waals surface area contributed by atoms with Crippen molar-refractivity contribution < 1.29 is 9.53 Å². The van der Waals surface area contributed by atoms with Crippen molar-refractivity contribution in [2.45, 2.75) is 18.1 Å². The molecule has 7 nitrogen and oxygen atoms in total. The number of rotatable bonds is 3. The molecular formula is C23H24N4O3S. The number of anilines is 1. The highest BCUT2D eigenvalue weighted by Crippen LogP contribution is 2.29. The molecule has 5 rings (SSSR count). The third-order valence-corrected chi connectivity index (χ3v) is 6.98. The molecule has 2 aliphatic heterocycles. The number of hydrogen-bond acceptors (Lipinski definition) is 6. The minimum Gasteiger partial charge on any atom is -0.495 e. The van der Waals surface area contributed by atoms with Gasteiger partial charge in [0.15, 0.2) is 5.16 Å². The molecule has 0 bridgehead atoms. The summed E-state index contributed by atoms with van der Waals surface area (Å²) in [7, 11) is 1.67. The highest BCUT2D eigenvalue weighted by molar-refractivity contribution is 7.99. The SMILES string of the molecule is COc1ccccc1N1CCN(C(=O)c2ccc3c(=O)n4c(nc3c2)SCCC4)CC1. The van der Waals surface area contributed by atoms with Gasteiger partial charge in [-0.2, -0.15) is 0 Å². The zero-order chi connectivity index (χ0) is 21.4. The number of nitrogens with zero attached hydrogens (tertiary/aromatic N) is 4. The maximum Gasteiger partial charge on any atom is 0.262 e.